The molecule has 0 bridgehead atoms. The van der Waals surface area contributed by atoms with Gasteiger partial charge in [-0.1, -0.05) is 60.7 Å². The lowest BCUT2D eigenvalue weighted by Gasteiger charge is -2.40. The number of piperazine rings is 1. The Morgan fingerprint density at radius 3 is 1.81 bits per heavy atom. The summed E-state index contributed by atoms with van der Waals surface area (Å²) >= 11 is 0. The third-order valence-corrected chi connectivity index (χ3v) is 5.03. The zero-order chi connectivity index (χ0) is 18.5. The minimum absolute atomic E-state index is 0.268. The van der Waals surface area contributed by atoms with Crippen molar-refractivity contribution in [3.8, 4) is 0 Å². The fourth-order valence-electron chi connectivity index (χ4n) is 3.66. The van der Waals surface area contributed by atoms with Crippen molar-refractivity contribution in [2.75, 3.05) is 36.5 Å². The standard InChI is InChI=1S/C21H24N6/c22-23-19-11-12-20(25-24-19)26-13-15-27(16-14-26)21(17-7-3-1-4-8-17)18-9-5-2-6-10-18/h1-12,21H,13-16,22H2,(H,23,24). The second-order valence-electron chi connectivity index (χ2n) is 6.67. The molecule has 0 unspecified atom stereocenters. The molecule has 1 aromatic heterocycles. The molecule has 1 fully saturated rings. The van der Waals surface area contributed by atoms with Gasteiger partial charge in [0.05, 0.1) is 6.04 Å². The van der Waals surface area contributed by atoms with E-state index in [2.05, 4.69) is 86.1 Å². The smallest absolute Gasteiger partial charge is 0.162 e. The number of hydrazine groups is 1. The molecule has 1 saturated heterocycles. The summed E-state index contributed by atoms with van der Waals surface area (Å²) in [4.78, 5) is 4.82. The number of nitrogen functional groups attached to an aromatic ring is 1. The topological polar surface area (TPSA) is 70.3 Å². The maximum absolute atomic E-state index is 5.37. The van der Waals surface area contributed by atoms with Crippen LogP contribution in [0.1, 0.15) is 17.2 Å². The maximum atomic E-state index is 5.37. The van der Waals surface area contributed by atoms with Crippen LogP contribution >= 0.6 is 0 Å². The Hall–Kier alpha value is -2.96. The van der Waals surface area contributed by atoms with Gasteiger partial charge in [-0.2, -0.15) is 0 Å². The Labute approximate surface area is 159 Å². The molecule has 3 N–H and O–H groups in total. The minimum atomic E-state index is 0.268. The summed E-state index contributed by atoms with van der Waals surface area (Å²) in [5.74, 6) is 6.84. The summed E-state index contributed by atoms with van der Waals surface area (Å²) in [5.41, 5.74) is 5.17. The van der Waals surface area contributed by atoms with Crippen molar-refractivity contribution in [1.29, 1.82) is 0 Å². The van der Waals surface area contributed by atoms with Crippen LogP contribution in [0.3, 0.4) is 0 Å². The Bertz CT molecular complexity index is 790. The molecular formula is C21H24N6. The summed E-state index contributed by atoms with van der Waals surface area (Å²) in [7, 11) is 0. The molecule has 0 atom stereocenters. The number of hydrogen-bond donors (Lipinski definition) is 2. The highest BCUT2D eigenvalue weighted by Gasteiger charge is 2.26. The fraction of sp³-hybridized carbons (Fsp3) is 0.238. The van der Waals surface area contributed by atoms with Gasteiger partial charge < -0.3 is 10.3 Å². The van der Waals surface area contributed by atoms with Crippen LogP contribution in [0.15, 0.2) is 72.8 Å². The fourth-order valence-corrected chi connectivity index (χ4v) is 3.66. The molecule has 0 radical (unpaired) electrons. The highest BCUT2D eigenvalue weighted by molar-refractivity contribution is 5.43. The van der Waals surface area contributed by atoms with Crippen molar-refractivity contribution in [2.24, 2.45) is 5.84 Å². The quantitative estimate of drug-likeness (QED) is 0.538. The molecule has 0 saturated carbocycles. The van der Waals surface area contributed by atoms with Crippen molar-refractivity contribution < 1.29 is 0 Å². The molecular weight excluding hydrogens is 336 g/mol. The molecule has 138 valence electrons. The van der Waals surface area contributed by atoms with Gasteiger partial charge in [-0.25, -0.2) is 5.84 Å². The second kappa shape index (κ2) is 8.16. The molecule has 1 aliphatic heterocycles. The predicted octanol–water partition coefficient (Wildman–Crippen LogP) is 2.67. The Morgan fingerprint density at radius 1 is 0.741 bits per heavy atom. The molecule has 6 heteroatoms. The van der Waals surface area contributed by atoms with E-state index in [1.807, 2.05) is 12.1 Å². The van der Waals surface area contributed by atoms with Gasteiger partial charge in [0.25, 0.3) is 0 Å². The van der Waals surface area contributed by atoms with Crippen LogP contribution in [0.2, 0.25) is 0 Å². The number of nitrogens with zero attached hydrogens (tertiary/aromatic N) is 4. The van der Waals surface area contributed by atoms with Crippen LogP contribution in [0.5, 0.6) is 0 Å². The van der Waals surface area contributed by atoms with E-state index in [4.69, 9.17) is 5.84 Å². The zero-order valence-electron chi connectivity index (χ0n) is 15.2. The van der Waals surface area contributed by atoms with Crippen molar-refractivity contribution in [2.45, 2.75) is 6.04 Å². The summed E-state index contributed by atoms with van der Waals surface area (Å²) in [6.07, 6.45) is 0. The summed E-state index contributed by atoms with van der Waals surface area (Å²) < 4.78 is 0. The normalized spacial score (nSPS) is 15.1. The lowest BCUT2D eigenvalue weighted by molar-refractivity contribution is 0.212. The minimum Gasteiger partial charge on any atom is -0.353 e. The number of nitrogens with two attached hydrogens (primary N) is 1. The monoisotopic (exact) mass is 360 g/mol. The number of nitrogens with one attached hydrogen (secondary N) is 1. The van der Waals surface area contributed by atoms with Gasteiger partial charge >= 0.3 is 0 Å². The number of rotatable bonds is 5. The molecule has 0 amide bonds. The Balaban J connectivity index is 1.51. The van der Waals surface area contributed by atoms with E-state index >= 15 is 0 Å². The summed E-state index contributed by atoms with van der Waals surface area (Å²) in [6, 6.07) is 25.6. The lowest BCUT2D eigenvalue weighted by atomic mass is 9.96. The average Bonchev–Trinajstić information content (AvgIpc) is 2.76. The third kappa shape index (κ3) is 3.92. The summed E-state index contributed by atoms with van der Waals surface area (Å²) in [6.45, 7) is 3.76. The van der Waals surface area contributed by atoms with Gasteiger partial charge in [-0.15, -0.1) is 10.2 Å². The van der Waals surface area contributed by atoms with Crippen LogP contribution in [0, 0.1) is 0 Å². The zero-order valence-corrected chi connectivity index (χ0v) is 15.2. The Kier molecular flexibility index (Phi) is 5.27. The van der Waals surface area contributed by atoms with Crippen molar-refractivity contribution in [3.63, 3.8) is 0 Å². The van der Waals surface area contributed by atoms with Gasteiger partial charge in [0.2, 0.25) is 0 Å². The molecule has 6 nitrogen and oxygen atoms in total. The SMILES string of the molecule is NNc1ccc(N2CCN(C(c3ccccc3)c3ccccc3)CC2)nn1. The first-order valence-corrected chi connectivity index (χ1v) is 9.24. The molecule has 2 aromatic carbocycles. The molecule has 4 rings (SSSR count). The molecule has 27 heavy (non-hydrogen) atoms. The number of hydrogen-bond acceptors (Lipinski definition) is 6. The third-order valence-electron chi connectivity index (χ3n) is 5.03. The van der Waals surface area contributed by atoms with Crippen LogP contribution in [-0.2, 0) is 0 Å². The lowest BCUT2D eigenvalue weighted by Crippen LogP contribution is -2.48. The van der Waals surface area contributed by atoms with Gasteiger partial charge in [0.15, 0.2) is 11.6 Å². The van der Waals surface area contributed by atoms with Crippen LogP contribution in [-0.4, -0.2) is 41.3 Å². The highest BCUT2D eigenvalue weighted by atomic mass is 15.4. The van der Waals surface area contributed by atoms with Gasteiger partial charge in [-0.3, -0.25) is 4.90 Å². The highest BCUT2D eigenvalue weighted by Crippen LogP contribution is 2.30. The van der Waals surface area contributed by atoms with E-state index < -0.39 is 0 Å². The van der Waals surface area contributed by atoms with Crippen LogP contribution in [0.4, 0.5) is 11.6 Å². The second-order valence-corrected chi connectivity index (χ2v) is 6.67. The predicted molar refractivity (Wildman–Crippen MR) is 108 cm³/mol. The van der Waals surface area contributed by atoms with Gasteiger partial charge in [-0.05, 0) is 23.3 Å². The molecule has 0 aliphatic carbocycles. The van der Waals surface area contributed by atoms with Gasteiger partial charge in [0, 0.05) is 26.2 Å². The molecule has 2 heterocycles. The van der Waals surface area contributed by atoms with Crippen molar-refractivity contribution >= 4 is 11.6 Å². The average molecular weight is 360 g/mol. The first-order chi connectivity index (χ1) is 13.3. The van der Waals surface area contributed by atoms with Crippen LogP contribution in [0.25, 0.3) is 0 Å². The number of aromatic nitrogens is 2. The van der Waals surface area contributed by atoms with E-state index in [1.54, 1.807) is 0 Å². The van der Waals surface area contributed by atoms with E-state index in [9.17, 15) is 0 Å². The number of benzene rings is 2. The molecule has 0 spiro atoms. The first kappa shape index (κ1) is 17.5. The van der Waals surface area contributed by atoms with E-state index in [-0.39, 0.29) is 6.04 Å². The molecule has 1 aliphatic rings. The van der Waals surface area contributed by atoms with E-state index in [1.165, 1.54) is 11.1 Å². The maximum Gasteiger partial charge on any atom is 0.162 e. The van der Waals surface area contributed by atoms with Crippen LogP contribution < -0.4 is 16.2 Å². The number of anilines is 2. The summed E-state index contributed by atoms with van der Waals surface area (Å²) in [5, 5.41) is 8.35. The first-order valence-electron chi connectivity index (χ1n) is 9.24. The van der Waals surface area contributed by atoms with E-state index in [0.717, 1.165) is 32.0 Å². The largest absolute Gasteiger partial charge is 0.353 e. The van der Waals surface area contributed by atoms with Crippen molar-refractivity contribution in [1.82, 2.24) is 15.1 Å². The van der Waals surface area contributed by atoms with Crippen molar-refractivity contribution in [3.05, 3.63) is 83.9 Å². The van der Waals surface area contributed by atoms with E-state index in [0.29, 0.717) is 5.82 Å². The van der Waals surface area contributed by atoms with Gasteiger partial charge in [0.1, 0.15) is 0 Å². The Morgan fingerprint density at radius 2 is 1.33 bits per heavy atom. The molecule has 3 aromatic rings.